The smallest absolute Gasteiger partial charge is 0.316 e. The normalized spacial score (nSPS) is 13.2. The Morgan fingerprint density at radius 3 is 2.24 bits per heavy atom. The number of hydrogen-bond donors (Lipinski definition) is 0. The van der Waals surface area contributed by atoms with Crippen molar-refractivity contribution in [3.8, 4) is 0 Å². The number of carbonyl (C=O) groups is 2. The molecule has 0 aliphatic rings. The van der Waals surface area contributed by atoms with E-state index in [1.807, 2.05) is 0 Å². The summed E-state index contributed by atoms with van der Waals surface area (Å²) in [7, 11) is 1.30. The molecule has 0 aromatic rings. The van der Waals surface area contributed by atoms with Gasteiger partial charge >= 0.3 is 5.97 Å². The summed E-state index contributed by atoms with van der Waals surface area (Å²) in [4.78, 5) is 22.5. The number of methoxy groups -OCH3 is 1. The van der Waals surface area contributed by atoms with Crippen molar-refractivity contribution in [3.63, 3.8) is 0 Å². The highest BCUT2D eigenvalue weighted by Gasteiger charge is 2.23. The first-order chi connectivity index (χ1) is 7.78. The fourth-order valence-corrected chi connectivity index (χ4v) is 1.40. The zero-order valence-corrected chi connectivity index (χ0v) is 11.5. The van der Waals surface area contributed by atoms with E-state index in [0.717, 1.165) is 0 Å². The predicted octanol–water partition coefficient (Wildman–Crippen LogP) is 2.21. The van der Waals surface area contributed by atoms with E-state index in [1.165, 1.54) is 14.0 Å². The lowest BCUT2D eigenvalue weighted by Crippen LogP contribution is -2.24. The van der Waals surface area contributed by atoms with Gasteiger partial charge in [0, 0.05) is 6.61 Å². The van der Waals surface area contributed by atoms with Crippen LogP contribution < -0.4 is 0 Å². The van der Waals surface area contributed by atoms with Crippen LogP contribution in [0.25, 0.3) is 0 Å². The van der Waals surface area contributed by atoms with Crippen LogP contribution in [0.4, 0.5) is 0 Å². The minimum Gasteiger partial charge on any atom is -0.468 e. The Bertz CT molecular complexity index is 253. The first-order valence-electron chi connectivity index (χ1n) is 5.94. The van der Waals surface area contributed by atoms with Crippen LogP contribution >= 0.6 is 0 Å². The number of Topliss-reactive ketones (excluding diaryl/α,β-unsaturated/α-hetero) is 1. The summed E-state index contributed by atoms with van der Waals surface area (Å²) in [6, 6.07) is 0. The standard InChI is InChI=1S/C13H24O4/c1-10(14)11(12(15)16-5)7-6-8-17-9-13(2,3)4/h11H,6-9H2,1-5H3. The van der Waals surface area contributed by atoms with Gasteiger partial charge in [0.25, 0.3) is 0 Å². The average molecular weight is 244 g/mol. The van der Waals surface area contributed by atoms with E-state index in [1.54, 1.807) is 0 Å². The van der Waals surface area contributed by atoms with E-state index in [4.69, 9.17) is 4.74 Å². The highest BCUT2D eigenvalue weighted by Crippen LogP contribution is 2.14. The van der Waals surface area contributed by atoms with Crippen LogP contribution in [0.15, 0.2) is 0 Å². The molecule has 0 fully saturated rings. The van der Waals surface area contributed by atoms with Crippen molar-refractivity contribution in [1.82, 2.24) is 0 Å². The maximum atomic E-state index is 11.3. The fourth-order valence-electron chi connectivity index (χ4n) is 1.40. The Morgan fingerprint density at radius 1 is 1.24 bits per heavy atom. The van der Waals surface area contributed by atoms with Crippen LogP contribution in [0.5, 0.6) is 0 Å². The summed E-state index contributed by atoms with van der Waals surface area (Å²) in [5, 5.41) is 0. The third kappa shape index (κ3) is 7.91. The molecule has 4 nitrogen and oxygen atoms in total. The van der Waals surface area contributed by atoms with Crippen LogP contribution in [0, 0.1) is 11.3 Å². The minimum absolute atomic E-state index is 0.141. The Balaban J connectivity index is 3.85. The lowest BCUT2D eigenvalue weighted by Gasteiger charge is -2.18. The van der Waals surface area contributed by atoms with E-state index in [0.29, 0.717) is 26.1 Å². The first kappa shape index (κ1) is 16.1. The van der Waals surface area contributed by atoms with Crippen LogP contribution in [-0.4, -0.2) is 32.1 Å². The van der Waals surface area contributed by atoms with Gasteiger partial charge in [-0.15, -0.1) is 0 Å². The number of rotatable bonds is 7. The van der Waals surface area contributed by atoms with E-state index < -0.39 is 11.9 Å². The Kier molecular flexibility index (Phi) is 7.04. The molecule has 0 aliphatic carbocycles. The number of carbonyl (C=O) groups excluding carboxylic acids is 2. The lowest BCUT2D eigenvalue weighted by molar-refractivity contribution is -0.149. The molecule has 4 heteroatoms. The van der Waals surface area contributed by atoms with Crippen LogP contribution in [0.2, 0.25) is 0 Å². The molecule has 0 bridgehead atoms. The van der Waals surface area contributed by atoms with Crippen LogP contribution in [0.3, 0.4) is 0 Å². The minimum atomic E-state index is -0.641. The van der Waals surface area contributed by atoms with Crippen molar-refractivity contribution >= 4 is 11.8 Å². The number of hydrogen-bond acceptors (Lipinski definition) is 4. The molecule has 0 heterocycles. The molecule has 0 aliphatic heterocycles. The van der Waals surface area contributed by atoms with Crippen molar-refractivity contribution < 1.29 is 19.1 Å². The summed E-state index contributed by atoms with van der Waals surface area (Å²) >= 11 is 0. The maximum Gasteiger partial charge on any atom is 0.316 e. The number of ketones is 1. The topological polar surface area (TPSA) is 52.6 Å². The van der Waals surface area contributed by atoms with Gasteiger partial charge in [0.05, 0.1) is 13.7 Å². The van der Waals surface area contributed by atoms with Gasteiger partial charge in [-0.05, 0) is 25.2 Å². The zero-order valence-electron chi connectivity index (χ0n) is 11.5. The van der Waals surface area contributed by atoms with Crippen molar-refractivity contribution in [2.24, 2.45) is 11.3 Å². The van der Waals surface area contributed by atoms with Crippen molar-refractivity contribution in [1.29, 1.82) is 0 Å². The number of esters is 1. The second-order valence-corrected chi connectivity index (χ2v) is 5.44. The highest BCUT2D eigenvalue weighted by atomic mass is 16.5. The monoisotopic (exact) mass is 244 g/mol. The molecule has 0 N–H and O–H groups in total. The zero-order chi connectivity index (χ0) is 13.5. The molecule has 0 spiro atoms. The average Bonchev–Trinajstić information content (AvgIpc) is 2.20. The molecule has 17 heavy (non-hydrogen) atoms. The Morgan fingerprint density at radius 2 is 1.82 bits per heavy atom. The van der Waals surface area contributed by atoms with E-state index in [9.17, 15) is 9.59 Å². The molecule has 0 saturated heterocycles. The van der Waals surface area contributed by atoms with Gasteiger partial charge in [0.1, 0.15) is 11.7 Å². The fraction of sp³-hybridized carbons (Fsp3) is 0.846. The summed E-state index contributed by atoms with van der Waals surface area (Å²) in [6.07, 6.45) is 1.18. The molecule has 1 unspecified atom stereocenters. The second-order valence-electron chi connectivity index (χ2n) is 5.44. The molecule has 0 saturated carbocycles. The lowest BCUT2D eigenvalue weighted by atomic mass is 9.98. The highest BCUT2D eigenvalue weighted by molar-refractivity contribution is 5.97. The predicted molar refractivity (Wildman–Crippen MR) is 65.7 cm³/mol. The van der Waals surface area contributed by atoms with Gasteiger partial charge in [0.15, 0.2) is 0 Å². The summed E-state index contributed by atoms with van der Waals surface area (Å²) in [5.41, 5.74) is 0.141. The van der Waals surface area contributed by atoms with Gasteiger partial charge in [-0.2, -0.15) is 0 Å². The summed E-state index contributed by atoms with van der Waals surface area (Å²) in [6.45, 7) is 8.95. The molecule has 0 aromatic heterocycles. The molecule has 0 aromatic carbocycles. The molecule has 0 rings (SSSR count). The van der Waals surface area contributed by atoms with Gasteiger partial charge in [0.2, 0.25) is 0 Å². The Hall–Kier alpha value is -0.900. The number of ether oxygens (including phenoxy) is 2. The SMILES string of the molecule is COC(=O)C(CCCOCC(C)(C)C)C(C)=O. The molecule has 0 amide bonds. The van der Waals surface area contributed by atoms with Gasteiger partial charge in [-0.1, -0.05) is 20.8 Å². The third-order valence-electron chi connectivity index (χ3n) is 2.29. The summed E-state index contributed by atoms with van der Waals surface area (Å²) in [5.74, 6) is -1.24. The molecule has 0 radical (unpaired) electrons. The van der Waals surface area contributed by atoms with Crippen molar-refractivity contribution in [2.75, 3.05) is 20.3 Å². The van der Waals surface area contributed by atoms with Gasteiger partial charge in [-0.25, -0.2) is 0 Å². The van der Waals surface area contributed by atoms with Crippen molar-refractivity contribution in [2.45, 2.75) is 40.5 Å². The van der Waals surface area contributed by atoms with Gasteiger partial charge < -0.3 is 9.47 Å². The van der Waals surface area contributed by atoms with Crippen molar-refractivity contribution in [3.05, 3.63) is 0 Å². The summed E-state index contributed by atoms with van der Waals surface area (Å²) < 4.78 is 10.1. The van der Waals surface area contributed by atoms with Gasteiger partial charge in [-0.3, -0.25) is 9.59 Å². The third-order valence-corrected chi connectivity index (χ3v) is 2.29. The maximum absolute atomic E-state index is 11.3. The van der Waals surface area contributed by atoms with Crippen LogP contribution in [-0.2, 0) is 19.1 Å². The largest absolute Gasteiger partial charge is 0.468 e. The molecule has 1 atom stereocenters. The molecule has 100 valence electrons. The second kappa shape index (κ2) is 7.43. The molecular formula is C13H24O4. The molecular weight excluding hydrogens is 220 g/mol. The van der Waals surface area contributed by atoms with E-state index in [2.05, 4.69) is 25.5 Å². The Labute approximate surface area is 104 Å². The quantitative estimate of drug-likeness (QED) is 0.391. The van der Waals surface area contributed by atoms with E-state index in [-0.39, 0.29) is 11.2 Å². The van der Waals surface area contributed by atoms with E-state index >= 15 is 0 Å². The van der Waals surface area contributed by atoms with Crippen LogP contribution in [0.1, 0.15) is 40.5 Å². The first-order valence-corrected chi connectivity index (χ1v) is 5.94.